The number of hydrogen-bond acceptors (Lipinski definition) is 4. The zero-order valence-electron chi connectivity index (χ0n) is 16.7. The van der Waals surface area contributed by atoms with Gasteiger partial charge in [-0.2, -0.15) is 0 Å². The summed E-state index contributed by atoms with van der Waals surface area (Å²) >= 11 is 1.39. The Morgan fingerprint density at radius 3 is 2.57 bits per heavy atom. The van der Waals surface area contributed by atoms with E-state index in [1.807, 2.05) is 29.6 Å². The van der Waals surface area contributed by atoms with Crippen molar-refractivity contribution < 1.29 is 18.6 Å². The highest BCUT2D eigenvalue weighted by molar-refractivity contribution is 7.17. The minimum absolute atomic E-state index is 0.0577. The molecule has 1 aromatic carbocycles. The Morgan fingerprint density at radius 1 is 1.13 bits per heavy atom. The van der Waals surface area contributed by atoms with Gasteiger partial charge in [0.15, 0.2) is 0 Å². The number of aliphatic hydroxyl groups is 1. The molecule has 0 radical (unpaired) electrons. The molecule has 4 nitrogen and oxygen atoms in total. The van der Waals surface area contributed by atoms with E-state index in [2.05, 4.69) is 0 Å². The molecule has 0 aliphatic heterocycles. The summed E-state index contributed by atoms with van der Waals surface area (Å²) in [6, 6.07) is 7.53. The monoisotopic (exact) mass is 431 g/mol. The number of pyridine rings is 1. The summed E-state index contributed by atoms with van der Waals surface area (Å²) in [4.78, 5) is 12.5. The van der Waals surface area contributed by atoms with Crippen LogP contribution in [0.15, 0.2) is 40.6 Å². The lowest BCUT2D eigenvalue weighted by molar-refractivity contribution is -0.0581. The van der Waals surface area contributed by atoms with Crippen LogP contribution in [0.3, 0.4) is 0 Å². The quantitative estimate of drug-likeness (QED) is 0.617. The van der Waals surface area contributed by atoms with Gasteiger partial charge in [0.2, 0.25) is 5.92 Å². The number of halogens is 2. The van der Waals surface area contributed by atoms with Crippen LogP contribution in [0, 0.1) is 0 Å². The number of alkyl halides is 2. The second-order valence-electron chi connectivity index (χ2n) is 8.54. The van der Waals surface area contributed by atoms with Gasteiger partial charge >= 0.3 is 0 Å². The standard InChI is InChI=1S/C23H23F2NO3S/c1-26-13-18(16-6-11-30-20(16)21(26)27)17-12-14(22(28)9-10-22)2-3-19(17)29-15-4-7-23(24,25)8-5-15/h2-3,6,11-13,15,28H,4-5,7-10H2,1H3. The van der Waals surface area contributed by atoms with Crippen LogP contribution < -0.4 is 10.3 Å². The van der Waals surface area contributed by atoms with Crippen LogP contribution in [0.2, 0.25) is 0 Å². The predicted octanol–water partition coefficient (Wildman–Crippen LogP) is 5.21. The summed E-state index contributed by atoms with van der Waals surface area (Å²) in [7, 11) is 1.72. The third-order valence-electron chi connectivity index (χ3n) is 6.28. The number of aryl methyl sites for hydroxylation is 1. The Labute approximate surface area is 176 Å². The van der Waals surface area contributed by atoms with Gasteiger partial charge < -0.3 is 14.4 Å². The number of fused-ring (bicyclic) bond motifs is 1. The van der Waals surface area contributed by atoms with Gasteiger partial charge in [0, 0.05) is 42.6 Å². The number of aromatic nitrogens is 1. The average Bonchev–Trinajstić information content (AvgIpc) is 3.27. The van der Waals surface area contributed by atoms with Crippen LogP contribution in [-0.4, -0.2) is 21.7 Å². The third-order valence-corrected chi connectivity index (χ3v) is 7.18. The van der Waals surface area contributed by atoms with Gasteiger partial charge in [0.25, 0.3) is 5.56 Å². The second-order valence-corrected chi connectivity index (χ2v) is 9.45. The maximum atomic E-state index is 13.6. The van der Waals surface area contributed by atoms with E-state index < -0.39 is 11.5 Å². The maximum absolute atomic E-state index is 13.6. The molecule has 3 aromatic rings. The minimum Gasteiger partial charge on any atom is -0.490 e. The summed E-state index contributed by atoms with van der Waals surface area (Å²) in [6.45, 7) is 0. The van der Waals surface area contributed by atoms with Gasteiger partial charge in [-0.25, -0.2) is 8.78 Å². The normalized spacial score (nSPS) is 20.4. The van der Waals surface area contributed by atoms with Crippen molar-refractivity contribution >= 4 is 21.4 Å². The number of ether oxygens (including phenoxy) is 1. The van der Waals surface area contributed by atoms with Gasteiger partial charge in [-0.15, -0.1) is 11.3 Å². The average molecular weight is 432 g/mol. The first-order valence-corrected chi connectivity index (χ1v) is 11.1. The van der Waals surface area contributed by atoms with Crippen LogP contribution in [0.5, 0.6) is 5.75 Å². The Bertz CT molecular complexity index is 1170. The SMILES string of the molecule is Cn1cc(-c2cc(C3(O)CC3)ccc2OC2CCC(F)(F)CC2)c2ccsc2c1=O. The lowest BCUT2D eigenvalue weighted by atomic mass is 9.93. The van der Waals surface area contributed by atoms with Gasteiger partial charge in [0.1, 0.15) is 10.4 Å². The number of hydrogen-bond donors (Lipinski definition) is 1. The van der Waals surface area contributed by atoms with Gasteiger partial charge in [0.05, 0.1) is 11.7 Å². The molecule has 158 valence electrons. The highest BCUT2D eigenvalue weighted by Gasteiger charge is 2.42. The molecule has 2 fully saturated rings. The molecule has 1 N–H and O–H groups in total. The smallest absolute Gasteiger partial charge is 0.268 e. The molecule has 0 unspecified atom stereocenters. The van der Waals surface area contributed by atoms with Crippen molar-refractivity contribution in [2.75, 3.05) is 0 Å². The summed E-state index contributed by atoms with van der Waals surface area (Å²) in [5.41, 5.74) is 1.57. The fraction of sp³-hybridized carbons (Fsp3) is 0.435. The Hall–Kier alpha value is -2.25. The van der Waals surface area contributed by atoms with Crippen molar-refractivity contribution in [3.8, 4) is 16.9 Å². The van der Waals surface area contributed by atoms with Crippen LogP contribution in [0.4, 0.5) is 8.78 Å². The molecular weight excluding hydrogens is 408 g/mol. The summed E-state index contributed by atoms with van der Waals surface area (Å²) in [5, 5.41) is 13.4. The topological polar surface area (TPSA) is 51.5 Å². The Balaban J connectivity index is 1.60. The Kier molecular flexibility index (Phi) is 4.52. The highest BCUT2D eigenvalue weighted by Crippen LogP contribution is 2.48. The first kappa shape index (κ1) is 19.7. The summed E-state index contributed by atoms with van der Waals surface area (Å²) in [5.74, 6) is -2.01. The van der Waals surface area contributed by atoms with Crippen LogP contribution in [0.25, 0.3) is 21.2 Å². The molecule has 2 saturated carbocycles. The number of nitrogens with zero attached hydrogens (tertiary/aromatic N) is 1. The van der Waals surface area contributed by atoms with Gasteiger partial charge in [-0.1, -0.05) is 6.07 Å². The first-order chi connectivity index (χ1) is 14.3. The third kappa shape index (κ3) is 3.44. The van der Waals surface area contributed by atoms with E-state index >= 15 is 0 Å². The van der Waals surface area contributed by atoms with E-state index in [4.69, 9.17) is 4.74 Å². The van der Waals surface area contributed by atoms with Crippen molar-refractivity contribution in [3.05, 3.63) is 51.8 Å². The molecule has 0 amide bonds. The molecule has 0 spiro atoms. The van der Waals surface area contributed by atoms with Crippen LogP contribution in [0.1, 0.15) is 44.1 Å². The van der Waals surface area contributed by atoms with E-state index in [9.17, 15) is 18.7 Å². The van der Waals surface area contributed by atoms with Crippen molar-refractivity contribution in [1.82, 2.24) is 4.57 Å². The Morgan fingerprint density at radius 2 is 1.87 bits per heavy atom. The first-order valence-electron chi connectivity index (χ1n) is 10.2. The molecule has 0 saturated heterocycles. The van der Waals surface area contributed by atoms with Gasteiger partial charge in [-0.3, -0.25) is 4.79 Å². The number of benzene rings is 1. The maximum Gasteiger partial charge on any atom is 0.268 e. The molecule has 5 rings (SSSR count). The molecule has 2 aliphatic carbocycles. The molecule has 2 aliphatic rings. The molecule has 0 atom stereocenters. The second kappa shape index (κ2) is 6.89. The highest BCUT2D eigenvalue weighted by atomic mass is 32.1. The molecule has 2 heterocycles. The summed E-state index contributed by atoms with van der Waals surface area (Å²) < 4.78 is 35.6. The molecule has 0 bridgehead atoms. The lowest BCUT2D eigenvalue weighted by Crippen LogP contribution is -2.30. The largest absolute Gasteiger partial charge is 0.490 e. The fourth-order valence-corrected chi connectivity index (χ4v) is 5.12. The van der Waals surface area contributed by atoms with Crippen LogP contribution in [-0.2, 0) is 12.6 Å². The van der Waals surface area contributed by atoms with Crippen LogP contribution >= 0.6 is 11.3 Å². The van der Waals surface area contributed by atoms with Crippen molar-refractivity contribution in [2.45, 2.75) is 56.2 Å². The van der Waals surface area contributed by atoms with E-state index in [1.165, 1.54) is 11.3 Å². The minimum atomic E-state index is -2.61. The predicted molar refractivity (Wildman–Crippen MR) is 113 cm³/mol. The van der Waals surface area contributed by atoms with Gasteiger partial charge in [-0.05, 0) is 54.8 Å². The van der Waals surface area contributed by atoms with E-state index in [0.29, 0.717) is 36.1 Å². The number of rotatable bonds is 4. The van der Waals surface area contributed by atoms with E-state index in [1.54, 1.807) is 17.8 Å². The molecule has 7 heteroatoms. The van der Waals surface area contributed by atoms with Crippen molar-refractivity contribution in [1.29, 1.82) is 0 Å². The van der Waals surface area contributed by atoms with Crippen molar-refractivity contribution in [3.63, 3.8) is 0 Å². The molecule has 2 aromatic heterocycles. The molecular formula is C23H23F2NO3S. The zero-order chi connectivity index (χ0) is 21.1. The fourth-order valence-electron chi connectivity index (χ4n) is 4.23. The van der Waals surface area contributed by atoms with E-state index in [-0.39, 0.29) is 24.5 Å². The lowest BCUT2D eigenvalue weighted by Gasteiger charge is -2.29. The van der Waals surface area contributed by atoms with Crippen molar-refractivity contribution in [2.24, 2.45) is 7.05 Å². The number of thiophene rings is 1. The van der Waals surface area contributed by atoms with E-state index in [0.717, 1.165) is 22.1 Å². The summed E-state index contributed by atoms with van der Waals surface area (Å²) in [6.07, 6.45) is 3.22. The zero-order valence-corrected chi connectivity index (χ0v) is 17.5. The molecule has 30 heavy (non-hydrogen) atoms.